The molecule has 2 aromatic rings. The van der Waals surface area contributed by atoms with E-state index in [4.69, 9.17) is 14.2 Å². The minimum Gasteiger partial charge on any atom is -0.493 e. The van der Waals surface area contributed by atoms with Gasteiger partial charge in [-0.3, -0.25) is 4.79 Å². The summed E-state index contributed by atoms with van der Waals surface area (Å²) in [6.07, 6.45) is 1.50. The van der Waals surface area contributed by atoms with E-state index >= 15 is 0 Å². The predicted molar refractivity (Wildman–Crippen MR) is 96.7 cm³/mol. The highest BCUT2D eigenvalue weighted by Crippen LogP contribution is 2.29. The van der Waals surface area contributed by atoms with Crippen LogP contribution in [0.5, 0.6) is 17.2 Å². The Hall–Kier alpha value is -3.02. The van der Waals surface area contributed by atoms with Crippen LogP contribution in [0.2, 0.25) is 0 Å². The average Bonchev–Trinajstić information content (AvgIpc) is 2.62. The Morgan fingerprint density at radius 2 is 1.80 bits per heavy atom. The van der Waals surface area contributed by atoms with E-state index in [1.807, 2.05) is 44.2 Å². The standard InChI is InChI=1S/C19H22N2O4/c1-13-7-5-9-16(14(13)2)25-12-18(22)21-20-11-15-8-6-10-17(23-3)19(15)24-4/h5-11H,12H2,1-4H3,(H,21,22). The molecule has 0 aliphatic carbocycles. The largest absolute Gasteiger partial charge is 0.493 e. The van der Waals surface area contributed by atoms with Crippen LogP contribution >= 0.6 is 0 Å². The minimum absolute atomic E-state index is 0.114. The molecule has 0 fully saturated rings. The van der Waals surface area contributed by atoms with Gasteiger partial charge in [-0.2, -0.15) is 5.10 Å². The molecule has 0 radical (unpaired) electrons. The third-order valence-electron chi connectivity index (χ3n) is 3.74. The SMILES string of the molecule is COc1cccc(C=NNC(=O)COc2cccc(C)c2C)c1OC. The first-order valence-corrected chi connectivity index (χ1v) is 7.78. The molecule has 2 aromatic carbocycles. The fourth-order valence-corrected chi connectivity index (χ4v) is 2.24. The van der Waals surface area contributed by atoms with Crippen LogP contribution in [-0.2, 0) is 4.79 Å². The number of aryl methyl sites for hydroxylation is 1. The maximum absolute atomic E-state index is 11.9. The molecule has 0 atom stereocenters. The van der Waals surface area contributed by atoms with Crippen LogP contribution in [-0.4, -0.2) is 32.9 Å². The number of ether oxygens (including phenoxy) is 3. The van der Waals surface area contributed by atoms with E-state index in [0.717, 1.165) is 11.1 Å². The van der Waals surface area contributed by atoms with Gasteiger partial charge in [0, 0.05) is 5.56 Å². The summed E-state index contributed by atoms with van der Waals surface area (Å²) in [7, 11) is 3.11. The van der Waals surface area contributed by atoms with Gasteiger partial charge >= 0.3 is 0 Å². The van der Waals surface area contributed by atoms with E-state index in [-0.39, 0.29) is 12.5 Å². The number of hydrogen-bond donors (Lipinski definition) is 1. The number of nitrogens with zero attached hydrogens (tertiary/aromatic N) is 1. The smallest absolute Gasteiger partial charge is 0.277 e. The molecular formula is C19H22N2O4. The third-order valence-corrected chi connectivity index (χ3v) is 3.74. The second-order valence-corrected chi connectivity index (χ2v) is 5.36. The Balaban J connectivity index is 1.94. The maximum Gasteiger partial charge on any atom is 0.277 e. The van der Waals surface area contributed by atoms with Gasteiger partial charge in [0.15, 0.2) is 18.1 Å². The zero-order chi connectivity index (χ0) is 18.2. The van der Waals surface area contributed by atoms with Crippen molar-refractivity contribution in [3.8, 4) is 17.2 Å². The van der Waals surface area contributed by atoms with E-state index in [2.05, 4.69) is 10.5 Å². The van der Waals surface area contributed by atoms with Crippen molar-refractivity contribution in [2.24, 2.45) is 5.10 Å². The second kappa shape index (κ2) is 8.73. The molecule has 6 nitrogen and oxygen atoms in total. The number of amides is 1. The van der Waals surface area contributed by atoms with Gasteiger partial charge in [0.1, 0.15) is 5.75 Å². The Kier molecular flexibility index (Phi) is 6.39. The zero-order valence-corrected chi connectivity index (χ0v) is 14.8. The first-order chi connectivity index (χ1) is 12.1. The number of hydrogen-bond acceptors (Lipinski definition) is 5. The van der Waals surface area contributed by atoms with Gasteiger partial charge in [-0.05, 0) is 43.2 Å². The molecule has 6 heteroatoms. The number of para-hydroxylation sites is 1. The first kappa shape index (κ1) is 18.3. The normalized spacial score (nSPS) is 10.6. The summed E-state index contributed by atoms with van der Waals surface area (Å²) in [5, 5.41) is 3.94. The number of hydrazone groups is 1. The van der Waals surface area contributed by atoms with Crippen molar-refractivity contribution in [2.75, 3.05) is 20.8 Å². The quantitative estimate of drug-likeness (QED) is 0.620. The molecule has 25 heavy (non-hydrogen) atoms. The average molecular weight is 342 g/mol. The van der Waals surface area contributed by atoms with E-state index in [1.54, 1.807) is 20.3 Å². The summed E-state index contributed by atoms with van der Waals surface area (Å²) in [5.74, 6) is 1.48. The second-order valence-electron chi connectivity index (χ2n) is 5.36. The highest BCUT2D eigenvalue weighted by Gasteiger charge is 2.08. The van der Waals surface area contributed by atoms with Crippen LogP contribution in [0.4, 0.5) is 0 Å². The van der Waals surface area contributed by atoms with Crippen LogP contribution < -0.4 is 19.6 Å². The van der Waals surface area contributed by atoms with Gasteiger partial charge in [0.2, 0.25) is 0 Å². The molecule has 0 saturated carbocycles. The van der Waals surface area contributed by atoms with Crippen molar-refractivity contribution in [3.63, 3.8) is 0 Å². The fraction of sp³-hybridized carbons (Fsp3) is 0.263. The highest BCUT2D eigenvalue weighted by molar-refractivity contribution is 5.86. The van der Waals surface area contributed by atoms with Gasteiger partial charge < -0.3 is 14.2 Å². The summed E-state index contributed by atoms with van der Waals surface area (Å²) in [5.41, 5.74) is 5.25. The van der Waals surface area contributed by atoms with Gasteiger partial charge in [-0.15, -0.1) is 0 Å². The van der Waals surface area contributed by atoms with Crippen LogP contribution in [0, 0.1) is 13.8 Å². The van der Waals surface area contributed by atoms with E-state index < -0.39 is 0 Å². The molecule has 2 rings (SSSR count). The summed E-state index contributed by atoms with van der Waals surface area (Å²) in [4.78, 5) is 11.9. The van der Waals surface area contributed by atoms with E-state index in [9.17, 15) is 4.79 Å². The maximum atomic E-state index is 11.9. The molecule has 0 saturated heterocycles. The van der Waals surface area contributed by atoms with E-state index in [0.29, 0.717) is 22.8 Å². The third kappa shape index (κ3) is 4.73. The summed E-state index contributed by atoms with van der Waals surface area (Å²) < 4.78 is 16.1. The molecular weight excluding hydrogens is 320 g/mol. The minimum atomic E-state index is -0.348. The molecule has 0 heterocycles. The lowest BCUT2D eigenvalue weighted by Crippen LogP contribution is -2.24. The highest BCUT2D eigenvalue weighted by atomic mass is 16.5. The number of carbonyl (C=O) groups is 1. The van der Waals surface area contributed by atoms with Crippen LogP contribution in [0.15, 0.2) is 41.5 Å². The van der Waals surface area contributed by atoms with Crippen LogP contribution in [0.1, 0.15) is 16.7 Å². The van der Waals surface area contributed by atoms with Crippen molar-refractivity contribution < 1.29 is 19.0 Å². The predicted octanol–water partition coefficient (Wildman–Crippen LogP) is 2.85. The topological polar surface area (TPSA) is 69.2 Å². The molecule has 0 unspecified atom stereocenters. The van der Waals surface area contributed by atoms with Gasteiger partial charge in [-0.1, -0.05) is 18.2 Å². The number of rotatable bonds is 7. The van der Waals surface area contributed by atoms with Crippen molar-refractivity contribution in [1.82, 2.24) is 5.43 Å². The monoisotopic (exact) mass is 342 g/mol. The molecule has 0 aliphatic rings. The molecule has 0 bridgehead atoms. The van der Waals surface area contributed by atoms with Crippen molar-refractivity contribution >= 4 is 12.1 Å². The molecule has 132 valence electrons. The molecule has 0 aliphatic heterocycles. The summed E-state index contributed by atoms with van der Waals surface area (Å²) in [6, 6.07) is 11.1. The van der Waals surface area contributed by atoms with Crippen molar-refractivity contribution in [2.45, 2.75) is 13.8 Å². The molecule has 1 amide bonds. The zero-order valence-electron chi connectivity index (χ0n) is 14.8. The van der Waals surface area contributed by atoms with Crippen molar-refractivity contribution in [3.05, 3.63) is 53.1 Å². The number of methoxy groups -OCH3 is 2. The van der Waals surface area contributed by atoms with Crippen molar-refractivity contribution in [1.29, 1.82) is 0 Å². The number of nitrogens with one attached hydrogen (secondary N) is 1. The molecule has 0 spiro atoms. The molecule has 1 N–H and O–H groups in total. The van der Waals surface area contributed by atoms with E-state index in [1.165, 1.54) is 6.21 Å². The van der Waals surface area contributed by atoms with Crippen LogP contribution in [0.3, 0.4) is 0 Å². The Bertz CT molecular complexity index is 772. The lowest BCUT2D eigenvalue weighted by molar-refractivity contribution is -0.123. The Morgan fingerprint density at radius 1 is 1.08 bits per heavy atom. The lowest BCUT2D eigenvalue weighted by atomic mass is 10.1. The summed E-state index contributed by atoms with van der Waals surface area (Å²) in [6.45, 7) is 3.83. The Morgan fingerprint density at radius 3 is 2.52 bits per heavy atom. The lowest BCUT2D eigenvalue weighted by Gasteiger charge is -2.10. The Labute approximate surface area is 147 Å². The first-order valence-electron chi connectivity index (χ1n) is 7.78. The van der Waals surface area contributed by atoms with Gasteiger partial charge in [0.05, 0.1) is 20.4 Å². The van der Waals surface area contributed by atoms with Gasteiger partial charge in [0.25, 0.3) is 5.91 Å². The van der Waals surface area contributed by atoms with Crippen LogP contribution in [0.25, 0.3) is 0 Å². The number of carbonyl (C=O) groups excluding carboxylic acids is 1. The number of benzene rings is 2. The van der Waals surface area contributed by atoms with Gasteiger partial charge in [-0.25, -0.2) is 5.43 Å². The molecule has 0 aromatic heterocycles. The summed E-state index contributed by atoms with van der Waals surface area (Å²) >= 11 is 0. The fourth-order valence-electron chi connectivity index (χ4n) is 2.24.